The molecule has 0 aliphatic carbocycles. The van der Waals surface area contributed by atoms with E-state index >= 15 is 0 Å². The van der Waals surface area contributed by atoms with Crippen molar-refractivity contribution in [3.63, 3.8) is 0 Å². The van der Waals surface area contributed by atoms with Crippen LogP contribution >= 0.6 is 0 Å². The second-order valence-corrected chi connectivity index (χ2v) is 6.05. The molecule has 0 fully saturated rings. The molecule has 0 bridgehead atoms. The molecule has 0 aliphatic rings. The molecule has 3 heteroatoms. The van der Waals surface area contributed by atoms with E-state index in [1.54, 1.807) is 6.07 Å². The molecule has 0 saturated carbocycles. The van der Waals surface area contributed by atoms with Crippen LogP contribution in [0.25, 0.3) is 10.9 Å². The maximum Gasteiger partial charge on any atom is 0.248 e. The molecule has 114 valence electrons. The highest BCUT2D eigenvalue weighted by Crippen LogP contribution is 2.28. The van der Waals surface area contributed by atoms with Crippen LogP contribution < -0.4 is 5.56 Å². The number of hydrogen-bond donors (Lipinski definition) is 1. The van der Waals surface area contributed by atoms with E-state index in [0.717, 1.165) is 23.7 Å². The highest BCUT2D eigenvalue weighted by Gasteiger charge is 2.11. The van der Waals surface area contributed by atoms with Gasteiger partial charge in [-0.05, 0) is 41.5 Å². The largest absolute Gasteiger partial charge is 0.322 e. The predicted molar refractivity (Wildman–Crippen MR) is 97.4 cm³/mol. The van der Waals surface area contributed by atoms with E-state index in [0.29, 0.717) is 6.32 Å². The minimum absolute atomic E-state index is 0.0592. The fraction of sp³-hybridized carbons (Fsp3) is 0.250. The molecule has 3 aromatic rings. The molecule has 1 atom stereocenters. The molecule has 0 amide bonds. The first kappa shape index (κ1) is 15.6. The average Bonchev–Trinajstić information content (AvgIpc) is 2.59. The summed E-state index contributed by atoms with van der Waals surface area (Å²) in [7, 11) is 5.83. The number of aromatic amines is 1. The zero-order valence-corrected chi connectivity index (χ0v) is 13.4. The number of fused-ring (bicyclic) bond motifs is 1. The van der Waals surface area contributed by atoms with Gasteiger partial charge in [-0.3, -0.25) is 4.79 Å². The molecule has 0 unspecified atom stereocenters. The molecule has 3 rings (SSSR count). The zero-order chi connectivity index (χ0) is 16.2. The third kappa shape index (κ3) is 3.39. The van der Waals surface area contributed by atoms with Crippen molar-refractivity contribution in [3.8, 4) is 0 Å². The lowest BCUT2D eigenvalue weighted by molar-refractivity contribution is 0.870. The van der Waals surface area contributed by atoms with Crippen LogP contribution in [0.4, 0.5) is 0 Å². The summed E-state index contributed by atoms with van der Waals surface area (Å²) in [6.07, 6.45) is 2.45. The van der Waals surface area contributed by atoms with Crippen LogP contribution in [0.15, 0.2) is 59.4 Å². The van der Waals surface area contributed by atoms with Crippen LogP contribution in [0.3, 0.4) is 0 Å². The van der Waals surface area contributed by atoms with Gasteiger partial charge in [0, 0.05) is 11.5 Å². The number of benzene rings is 2. The van der Waals surface area contributed by atoms with Gasteiger partial charge in [0.1, 0.15) is 0 Å². The molecular formula is C20H20BNO. The Labute approximate surface area is 138 Å². The SMILES string of the molecule is [B]C[C@H](C)c1ccc(CCc2ccccc2)c2[nH]c(=O)ccc12. The van der Waals surface area contributed by atoms with Gasteiger partial charge in [0.05, 0.1) is 13.4 Å². The lowest BCUT2D eigenvalue weighted by Gasteiger charge is -2.15. The number of H-pyrrole nitrogens is 1. The van der Waals surface area contributed by atoms with Gasteiger partial charge in [-0.25, -0.2) is 0 Å². The number of aryl methyl sites for hydroxylation is 2. The fourth-order valence-electron chi connectivity index (χ4n) is 3.02. The topological polar surface area (TPSA) is 32.9 Å². The van der Waals surface area contributed by atoms with Crippen molar-refractivity contribution < 1.29 is 0 Å². The van der Waals surface area contributed by atoms with Gasteiger partial charge < -0.3 is 4.98 Å². The van der Waals surface area contributed by atoms with Crippen molar-refractivity contribution >= 4 is 18.7 Å². The molecule has 23 heavy (non-hydrogen) atoms. The molecule has 2 nitrogen and oxygen atoms in total. The van der Waals surface area contributed by atoms with Crippen LogP contribution in [0.2, 0.25) is 6.32 Å². The second-order valence-electron chi connectivity index (χ2n) is 6.05. The van der Waals surface area contributed by atoms with Gasteiger partial charge in [-0.15, -0.1) is 0 Å². The van der Waals surface area contributed by atoms with Gasteiger partial charge >= 0.3 is 0 Å². The lowest BCUT2D eigenvalue weighted by atomic mass is 9.84. The highest BCUT2D eigenvalue weighted by atomic mass is 16.1. The number of rotatable bonds is 5. The van der Waals surface area contributed by atoms with Crippen molar-refractivity contribution in [2.24, 2.45) is 0 Å². The third-order valence-corrected chi connectivity index (χ3v) is 4.43. The summed E-state index contributed by atoms with van der Waals surface area (Å²) in [6.45, 7) is 2.11. The lowest BCUT2D eigenvalue weighted by Crippen LogP contribution is -2.07. The van der Waals surface area contributed by atoms with Gasteiger partial charge in [0.15, 0.2) is 0 Å². The van der Waals surface area contributed by atoms with Crippen LogP contribution in [-0.4, -0.2) is 12.8 Å². The Balaban J connectivity index is 2.00. The second kappa shape index (κ2) is 6.87. The minimum Gasteiger partial charge on any atom is -0.322 e. The van der Waals surface area contributed by atoms with E-state index in [4.69, 9.17) is 7.85 Å². The molecule has 1 heterocycles. The van der Waals surface area contributed by atoms with Gasteiger partial charge in [0.2, 0.25) is 5.56 Å². The normalized spacial score (nSPS) is 12.4. The van der Waals surface area contributed by atoms with Gasteiger partial charge in [-0.2, -0.15) is 0 Å². The third-order valence-electron chi connectivity index (χ3n) is 4.43. The molecule has 0 saturated heterocycles. The summed E-state index contributed by atoms with van der Waals surface area (Å²) in [5, 5.41) is 1.10. The van der Waals surface area contributed by atoms with E-state index in [9.17, 15) is 4.79 Å². The van der Waals surface area contributed by atoms with Gasteiger partial charge in [-0.1, -0.05) is 55.7 Å². The van der Waals surface area contributed by atoms with E-state index in [2.05, 4.69) is 48.3 Å². The summed E-state index contributed by atoms with van der Waals surface area (Å²) in [6, 6.07) is 18.2. The quantitative estimate of drug-likeness (QED) is 0.710. The number of nitrogens with one attached hydrogen (secondary N) is 1. The standard InChI is InChI=1S/C20H20BNO/c1-14(13-21)17-10-9-16(8-7-15-5-3-2-4-6-15)20-18(17)11-12-19(23)22-20/h2-6,9-12,14H,7-8,13H2,1H3,(H,22,23)/t14-/m0/s1. The molecule has 0 spiro atoms. The minimum atomic E-state index is -0.0592. The number of pyridine rings is 1. The van der Waals surface area contributed by atoms with Crippen molar-refractivity contribution in [2.45, 2.75) is 32.0 Å². The van der Waals surface area contributed by atoms with Crippen LogP contribution in [0, 0.1) is 0 Å². The van der Waals surface area contributed by atoms with E-state index in [-0.39, 0.29) is 11.5 Å². The van der Waals surface area contributed by atoms with Gasteiger partial charge in [0.25, 0.3) is 0 Å². The first-order valence-corrected chi connectivity index (χ1v) is 8.08. The summed E-state index contributed by atoms with van der Waals surface area (Å²) in [5.41, 5.74) is 4.57. The summed E-state index contributed by atoms with van der Waals surface area (Å²) >= 11 is 0. The molecule has 1 N–H and O–H groups in total. The summed E-state index contributed by atoms with van der Waals surface area (Å²) < 4.78 is 0. The number of aromatic nitrogens is 1. The fourth-order valence-corrected chi connectivity index (χ4v) is 3.02. The summed E-state index contributed by atoms with van der Waals surface area (Å²) in [5.74, 6) is 0.270. The Hall–Kier alpha value is -2.29. The van der Waals surface area contributed by atoms with E-state index in [1.165, 1.54) is 16.7 Å². The molecule has 2 radical (unpaired) electrons. The van der Waals surface area contributed by atoms with Crippen molar-refractivity contribution in [2.75, 3.05) is 0 Å². The average molecular weight is 301 g/mol. The molecule has 2 aromatic carbocycles. The Morgan fingerprint density at radius 2 is 1.78 bits per heavy atom. The highest BCUT2D eigenvalue weighted by molar-refractivity contribution is 6.09. The van der Waals surface area contributed by atoms with E-state index < -0.39 is 0 Å². The maximum absolute atomic E-state index is 11.8. The Kier molecular flexibility index (Phi) is 4.66. The van der Waals surface area contributed by atoms with Crippen molar-refractivity contribution in [1.29, 1.82) is 0 Å². The van der Waals surface area contributed by atoms with Crippen molar-refractivity contribution in [3.05, 3.63) is 81.6 Å². The summed E-state index contributed by atoms with van der Waals surface area (Å²) in [4.78, 5) is 14.8. The molecular weight excluding hydrogens is 281 g/mol. The zero-order valence-electron chi connectivity index (χ0n) is 13.4. The van der Waals surface area contributed by atoms with Crippen LogP contribution in [-0.2, 0) is 12.8 Å². The monoisotopic (exact) mass is 301 g/mol. The molecule has 1 aromatic heterocycles. The Morgan fingerprint density at radius 1 is 1.00 bits per heavy atom. The van der Waals surface area contributed by atoms with E-state index in [1.807, 2.05) is 12.1 Å². The first-order chi connectivity index (χ1) is 11.2. The maximum atomic E-state index is 11.8. The number of hydrogen-bond acceptors (Lipinski definition) is 1. The first-order valence-electron chi connectivity index (χ1n) is 8.08. The smallest absolute Gasteiger partial charge is 0.248 e. The van der Waals surface area contributed by atoms with Crippen LogP contribution in [0.5, 0.6) is 0 Å². The molecule has 0 aliphatic heterocycles. The Bertz CT molecular complexity index is 854. The predicted octanol–water partition coefficient (Wildman–Crippen LogP) is 4.00. The van der Waals surface area contributed by atoms with Crippen LogP contribution in [0.1, 0.15) is 29.5 Å². The van der Waals surface area contributed by atoms with Crippen molar-refractivity contribution in [1.82, 2.24) is 4.98 Å². The Morgan fingerprint density at radius 3 is 2.52 bits per heavy atom.